The van der Waals surface area contributed by atoms with Crippen LogP contribution in [0.2, 0.25) is 0 Å². The molecule has 2 atom stereocenters. The third-order valence-electron chi connectivity index (χ3n) is 5.17. The van der Waals surface area contributed by atoms with Crippen LogP contribution in [0.3, 0.4) is 0 Å². The Morgan fingerprint density at radius 2 is 1.15 bits per heavy atom. The first kappa shape index (κ1) is 18.9. The molecule has 2 aliphatic rings. The lowest BCUT2D eigenvalue weighted by Crippen LogP contribution is -2.25. The molecule has 1 aromatic rings. The maximum Gasteiger partial charge on any atom is 0.218 e. The first-order valence-electron chi connectivity index (χ1n) is 9.37. The molecule has 3 heterocycles. The van der Waals surface area contributed by atoms with Crippen molar-refractivity contribution in [1.29, 1.82) is 0 Å². The lowest BCUT2D eigenvalue weighted by molar-refractivity contribution is 0.235. The van der Waals surface area contributed by atoms with Crippen LogP contribution in [-0.2, 0) is 9.47 Å². The van der Waals surface area contributed by atoms with Crippen molar-refractivity contribution in [3.8, 4) is 0 Å². The average Bonchev–Trinajstić information content (AvgIpc) is 3.15. The summed E-state index contributed by atoms with van der Waals surface area (Å²) in [5, 5.41) is 0. The number of pyridine rings is 1. The van der Waals surface area contributed by atoms with E-state index in [-0.39, 0.29) is 22.9 Å². The van der Waals surface area contributed by atoms with Crippen LogP contribution in [0.4, 0.5) is 0 Å². The topological polar surface area (TPSA) is 56.1 Å². The molecule has 3 rings (SSSR count). The molecule has 0 bridgehead atoms. The molecule has 0 aliphatic carbocycles. The van der Waals surface area contributed by atoms with Gasteiger partial charge >= 0.3 is 0 Å². The number of hydrogen-bond acceptors (Lipinski definition) is 5. The maximum atomic E-state index is 5.92. The van der Waals surface area contributed by atoms with Gasteiger partial charge in [0.1, 0.15) is 13.2 Å². The molecule has 0 spiro atoms. The second kappa shape index (κ2) is 6.36. The van der Waals surface area contributed by atoms with Crippen molar-refractivity contribution in [2.75, 3.05) is 13.2 Å². The van der Waals surface area contributed by atoms with E-state index in [9.17, 15) is 0 Å². The van der Waals surface area contributed by atoms with Crippen LogP contribution >= 0.6 is 0 Å². The van der Waals surface area contributed by atoms with Crippen LogP contribution in [-0.4, -0.2) is 42.1 Å². The fourth-order valence-electron chi connectivity index (χ4n) is 3.09. The summed E-state index contributed by atoms with van der Waals surface area (Å²) in [4.78, 5) is 14.3. The van der Waals surface area contributed by atoms with Crippen molar-refractivity contribution in [3.63, 3.8) is 0 Å². The Hall–Kier alpha value is -1.91. The van der Waals surface area contributed by atoms with Gasteiger partial charge in [0, 0.05) is 0 Å². The summed E-state index contributed by atoms with van der Waals surface area (Å²) in [5.74, 6) is 1.37. The standard InChI is InChI=1S/C21H31N3O2/c1-12-14(18-23-16(10-25-18)20(3,4)5)9-15(13(2)22-12)19-24-17(11-26-19)21(6,7)8/h9,16-17H,10-11H2,1-8H3/t16-,17-/m1/s1. The smallest absolute Gasteiger partial charge is 0.218 e. The highest BCUT2D eigenvalue weighted by molar-refractivity contribution is 6.01. The summed E-state index contributed by atoms with van der Waals surface area (Å²) >= 11 is 0. The van der Waals surface area contributed by atoms with Crippen molar-refractivity contribution in [2.45, 2.75) is 67.5 Å². The predicted octanol–water partition coefficient (Wildman–Crippen LogP) is 4.08. The predicted molar refractivity (Wildman–Crippen MR) is 105 cm³/mol. The monoisotopic (exact) mass is 357 g/mol. The molecule has 0 saturated carbocycles. The Bertz CT molecular complexity index is 705. The van der Waals surface area contributed by atoms with Crippen molar-refractivity contribution >= 4 is 11.8 Å². The molecule has 0 saturated heterocycles. The van der Waals surface area contributed by atoms with Crippen molar-refractivity contribution in [2.24, 2.45) is 20.8 Å². The van der Waals surface area contributed by atoms with Crippen molar-refractivity contribution in [1.82, 2.24) is 4.98 Å². The molecular weight excluding hydrogens is 326 g/mol. The summed E-state index contributed by atoms with van der Waals surface area (Å²) in [6.45, 7) is 18.4. The van der Waals surface area contributed by atoms with E-state index in [1.54, 1.807) is 0 Å². The fourth-order valence-corrected chi connectivity index (χ4v) is 3.09. The molecule has 0 aromatic carbocycles. The third-order valence-corrected chi connectivity index (χ3v) is 5.17. The zero-order chi connectivity index (χ0) is 19.3. The van der Waals surface area contributed by atoms with E-state index >= 15 is 0 Å². The molecule has 1 aromatic heterocycles. The van der Waals surface area contributed by atoms with Gasteiger partial charge in [0.15, 0.2) is 0 Å². The number of hydrogen-bond donors (Lipinski definition) is 0. The number of nitrogens with zero attached hydrogens (tertiary/aromatic N) is 3. The first-order valence-corrected chi connectivity index (χ1v) is 9.37. The fraction of sp³-hybridized carbons (Fsp3) is 0.667. The van der Waals surface area contributed by atoms with Gasteiger partial charge in [-0.05, 0) is 30.7 Å². The van der Waals surface area contributed by atoms with Gasteiger partial charge in [-0.1, -0.05) is 41.5 Å². The van der Waals surface area contributed by atoms with Gasteiger partial charge in [-0.15, -0.1) is 0 Å². The Morgan fingerprint density at radius 3 is 1.46 bits per heavy atom. The van der Waals surface area contributed by atoms with E-state index < -0.39 is 0 Å². The van der Waals surface area contributed by atoms with Crippen LogP contribution in [0.5, 0.6) is 0 Å². The maximum absolute atomic E-state index is 5.92. The van der Waals surface area contributed by atoms with Crippen LogP contribution in [0.15, 0.2) is 16.1 Å². The molecule has 0 fully saturated rings. The highest BCUT2D eigenvalue weighted by atomic mass is 16.5. The minimum absolute atomic E-state index is 0.0786. The second-order valence-corrected chi connectivity index (χ2v) is 9.51. The molecule has 26 heavy (non-hydrogen) atoms. The van der Waals surface area contributed by atoms with Crippen molar-refractivity contribution in [3.05, 3.63) is 28.6 Å². The van der Waals surface area contributed by atoms with E-state index in [0.717, 1.165) is 22.5 Å². The quantitative estimate of drug-likeness (QED) is 0.801. The Balaban J connectivity index is 1.97. The van der Waals surface area contributed by atoms with E-state index in [1.165, 1.54) is 0 Å². The van der Waals surface area contributed by atoms with Crippen LogP contribution in [0, 0.1) is 24.7 Å². The molecule has 2 aliphatic heterocycles. The van der Waals surface area contributed by atoms with Gasteiger partial charge in [0.2, 0.25) is 11.8 Å². The lowest BCUT2D eigenvalue weighted by Gasteiger charge is -2.21. The van der Waals surface area contributed by atoms with E-state index in [0.29, 0.717) is 25.0 Å². The van der Waals surface area contributed by atoms with Gasteiger partial charge in [-0.2, -0.15) is 0 Å². The molecule has 5 heteroatoms. The van der Waals surface area contributed by atoms with Crippen LogP contribution < -0.4 is 0 Å². The van der Waals surface area contributed by atoms with Gasteiger partial charge < -0.3 is 9.47 Å². The number of ether oxygens (including phenoxy) is 2. The number of aryl methyl sites for hydroxylation is 2. The van der Waals surface area contributed by atoms with Crippen molar-refractivity contribution < 1.29 is 9.47 Å². The molecule has 0 N–H and O–H groups in total. The zero-order valence-corrected chi connectivity index (χ0v) is 17.3. The number of aliphatic imine (C=N–C) groups is 2. The van der Waals surface area contributed by atoms with Gasteiger partial charge in [-0.3, -0.25) is 4.98 Å². The third kappa shape index (κ3) is 3.62. The molecule has 0 radical (unpaired) electrons. The summed E-state index contributed by atoms with van der Waals surface area (Å²) in [6, 6.07) is 2.39. The SMILES string of the molecule is Cc1nc(C)c(C2=N[C@@H](C(C)(C)C)CO2)cc1C1=N[C@@H](C(C)(C)C)CO1. The highest BCUT2D eigenvalue weighted by Crippen LogP contribution is 2.30. The first-order chi connectivity index (χ1) is 12.0. The molecular formula is C21H31N3O2. The molecule has 142 valence electrons. The summed E-state index contributed by atoms with van der Waals surface area (Å²) < 4.78 is 11.8. The van der Waals surface area contributed by atoms with Gasteiger partial charge in [-0.25, -0.2) is 9.98 Å². The summed E-state index contributed by atoms with van der Waals surface area (Å²) in [6.07, 6.45) is 0. The van der Waals surface area contributed by atoms with Crippen LogP contribution in [0.1, 0.15) is 64.1 Å². The average molecular weight is 357 g/mol. The largest absolute Gasteiger partial charge is 0.475 e. The molecule has 0 amide bonds. The number of rotatable bonds is 2. The summed E-state index contributed by atoms with van der Waals surface area (Å²) in [5.41, 5.74) is 3.87. The lowest BCUT2D eigenvalue weighted by atomic mass is 9.88. The van der Waals surface area contributed by atoms with Gasteiger partial charge in [0.05, 0.1) is 34.6 Å². The Morgan fingerprint density at radius 1 is 0.769 bits per heavy atom. The summed E-state index contributed by atoms with van der Waals surface area (Å²) in [7, 11) is 0. The second-order valence-electron chi connectivity index (χ2n) is 9.51. The van der Waals surface area contributed by atoms with Crippen LogP contribution in [0.25, 0.3) is 0 Å². The Kier molecular flexibility index (Phi) is 4.62. The van der Waals surface area contributed by atoms with E-state index in [4.69, 9.17) is 24.4 Å². The minimum Gasteiger partial charge on any atom is -0.475 e. The van der Waals surface area contributed by atoms with E-state index in [2.05, 4.69) is 47.6 Å². The van der Waals surface area contributed by atoms with E-state index in [1.807, 2.05) is 13.8 Å². The highest BCUT2D eigenvalue weighted by Gasteiger charge is 2.33. The zero-order valence-electron chi connectivity index (χ0n) is 17.3. The minimum atomic E-state index is 0.0786. The van der Waals surface area contributed by atoms with Gasteiger partial charge in [0.25, 0.3) is 0 Å². The molecule has 0 unspecified atom stereocenters. The normalized spacial score (nSPS) is 23.4. The molecule has 5 nitrogen and oxygen atoms in total. The number of aromatic nitrogens is 1. The Labute approximate surface area is 156 Å².